The second kappa shape index (κ2) is 6.42. The van der Waals surface area contributed by atoms with Crippen LogP contribution in [0.15, 0.2) is 24.3 Å². The minimum absolute atomic E-state index is 0.0204. The Morgan fingerprint density at radius 3 is 2.50 bits per heavy atom. The van der Waals surface area contributed by atoms with Crippen molar-refractivity contribution in [3.8, 4) is 0 Å². The summed E-state index contributed by atoms with van der Waals surface area (Å²) < 4.78 is 27.8. The molecule has 2 amide bonds. The lowest BCUT2D eigenvalue weighted by Crippen LogP contribution is -2.46. The molecule has 1 unspecified atom stereocenters. The fourth-order valence-corrected chi connectivity index (χ4v) is 1.61. The van der Waals surface area contributed by atoms with Gasteiger partial charge in [0.1, 0.15) is 0 Å². The molecule has 0 aliphatic carbocycles. The van der Waals surface area contributed by atoms with Crippen LogP contribution in [-0.4, -0.2) is 29.4 Å². The van der Waals surface area contributed by atoms with E-state index in [1.54, 1.807) is 0 Å². The van der Waals surface area contributed by atoms with E-state index in [-0.39, 0.29) is 11.3 Å². The second-order valence-corrected chi connectivity index (χ2v) is 4.50. The van der Waals surface area contributed by atoms with Crippen molar-refractivity contribution in [2.45, 2.75) is 31.9 Å². The topological polar surface area (TPSA) is 78.4 Å². The van der Waals surface area contributed by atoms with Crippen molar-refractivity contribution in [2.75, 3.05) is 5.32 Å². The Morgan fingerprint density at radius 2 is 1.95 bits per heavy atom. The van der Waals surface area contributed by atoms with E-state index in [1.165, 1.54) is 38.1 Å². The molecule has 1 aromatic rings. The summed E-state index contributed by atoms with van der Waals surface area (Å²) >= 11 is 0. The van der Waals surface area contributed by atoms with E-state index in [0.29, 0.717) is 6.41 Å². The van der Waals surface area contributed by atoms with E-state index >= 15 is 0 Å². The molecule has 0 spiro atoms. The smallest absolute Gasteiger partial charge is 0.353 e. The first kappa shape index (κ1) is 16.0. The number of amides is 2. The summed E-state index contributed by atoms with van der Waals surface area (Å²) in [5, 5.41) is 14.0. The van der Waals surface area contributed by atoms with Crippen LogP contribution in [0.4, 0.5) is 14.5 Å². The third-order valence-electron chi connectivity index (χ3n) is 2.54. The molecule has 0 aromatic heterocycles. The molecule has 0 fully saturated rings. The zero-order valence-electron chi connectivity index (χ0n) is 11.1. The molecular formula is C13H16F2N2O3. The summed E-state index contributed by atoms with van der Waals surface area (Å²) in [6.07, 6.45) is -2.05. The van der Waals surface area contributed by atoms with Gasteiger partial charge < -0.3 is 15.7 Å². The molecule has 0 saturated carbocycles. The molecule has 7 heteroatoms. The summed E-state index contributed by atoms with van der Waals surface area (Å²) in [6.45, 7) is 3.06. The van der Waals surface area contributed by atoms with Crippen LogP contribution in [0.1, 0.15) is 25.5 Å². The molecule has 1 aromatic carbocycles. The quantitative estimate of drug-likeness (QED) is 0.693. The molecule has 3 N–H and O–H groups in total. The lowest BCUT2D eigenvalue weighted by atomic mass is 10.0. The Kier molecular flexibility index (Phi) is 5.15. The first-order valence-electron chi connectivity index (χ1n) is 5.96. The molecule has 0 heterocycles. The summed E-state index contributed by atoms with van der Waals surface area (Å²) in [5.74, 6) is -5.58. The first-order valence-corrected chi connectivity index (χ1v) is 5.96. The Balaban J connectivity index is 3.06. The van der Waals surface area contributed by atoms with Gasteiger partial charge in [-0.2, -0.15) is 8.78 Å². The van der Waals surface area contributed by atoms with Crippen LogP contribution in [0, 0.1) is 0 Å². The summed E-state index contributed by atoms with van der Waals surface area (Å²) in [4.78, 5) is 21.9. The Morgan fingerprint density at radius 1 is 1.35 bits per heavy atom. The summed E-state index contributed by atoms with van der Waals surface area (Å²) in [5.41, 5.74) is -0.212. The molecule has 5 nitrogen and oxygen atoms in total. The Hall–Kier alpha value is -2.02. The van der Waals surface area contributed by atoms with E-state index in [4.69, 9.17) is 0 Å². The van der Waals surface area contributed by atoms with Crippen molar-refractivity contribution in [2.24, 2.45) is 0 Å². The maximum atomic E-state index is 13.9. The molecule has 1 atom stereocenters. The number of benzene rings is 1. The number of aliphatic hydroxyl groups is 1. The van der Waals surface area contributed by atoms with Gasteiger partial charge in [-0.1, -0.05) is 18.2 Å². The number of nitrogens with one attached hydrogen (secondary N) is 2. The SMILES string of the molecule is CC(C)NC(=O)C(F)(F)C(O)c1ccccc1NC=O. The molecule has 0 aliphatic rings. The third kappa shape index (κ3) is 3.51. The van der Waals surface area contributed by atoms with Crippen LogP contribution in [0.5, 0.6) is 0 Å². The Labute approximate surface area is 115 Å². The number of aliphatic hydroxyl groups excluding tert-OH is 1. The number of alkyl halides is 2. The number of rotatable bonds is 6. The molecule has 1 rings (SSSR count). The fraction of sp³-hybridized carbons (Fsp3) is 0.385. The van der Waals surface area contributed by atoms with Crippen molar-refractivity contribution >= 4 is 18.0 Å². The average Bonchev–Trinajstić information content (AvgIpc) is 2.38. The summed E-state index contributed by atoms with van der Waals surface area (Å²) in [7, 11) is 0. The minimum atomic E-state index is -4.01. The van der Waals surface area contributed by atoms with E-state index < -0.39 is 24.0 Å². The van der Waals surface area contributed by atoms with Gasteiger partial charge in [0, 0.05) is 17.3 Å². The van der Waals surface area contributed by atoms with Gasteiger partial charge in [0.15, 0.2) is 6.10 Å². The van der Waals surface area contributed by atoms with Crippen molar-refractivity contribution in [1.29, 1.82) is 0 Å². The van der Waals surface area contributed by atoms with Crippen molar-refractivity contribution in [3.05, 3.63) is 29.8 Å². The van der Waals surface area contributed by atoms with Crippen molar-refractivity contribution < 1.29 is 23.5 Å². The van der Waals surface area contributed by atoms with E-state index in [0.717, 1.165) is 0 Å². The van der Waals surface area contributed by atoms with Crippen LogP contribution >= 0.6 is 0 Å². The number of hydrogen-bond donors (Lipinski definition) is 3. The van der Waals surface area contributed by atoms with Gasteiger partial charge in [-0.15, -0.1) is 0 Å². The van der Waals surface area contributed by atoms with Gasteiger partial charge >= 0.3 is 5.92 Å². The molecule has 110 valence electrons. The van der Waals surface area contributed by atoms with E-state index in [2.05, 4.69) is 5.32 Å². The minimum Gasteiger partial charge on any atom is -0.381 e. The van der Waals surface area contributed by atoms with Gasteiger partial charge in [0.25, 0.3) is 5.91 Å². The third-order valence-corrected chi connectivity index (χ3v) is 2.54. The highest BCUT2D eigenvalue weighted by Gasteiger charge is 2.48. The normalized spacial score (nSPS) is 12.9. The zero-order valence-corrected chi connectivity index (χ0v) is 11.1. The second-order valence-electron chi connectivity index (χ2n) is 4.50. The predicted octanol–water partition coefficient (Wildman–Crippen LogP) is 1.45. The number of halogens is 2. The lowest BCUT2D eigenvalue weighted by molar-refractivity contribution is -0.164. The number of para-hydroxylation sites is 1. The van der Waals surface area contributed by atoms with E-state index in [9.17, 15) is 23.5 Å². The molecule has 0 radical (unpaired) electrons. The van der Waals surface area contributed by atoms with Gasteiger partial charge in [-0.3, -0.25) is 9.59 Å². The zero-order chi connectivity index (χ0) is 15.3. The Bertz CT molecular complexity index is 492. The van der Waals surface area contributed by atoms with Crippen molar-refractivity contribution in [3.63, 3.8) is 0 Å². The number of hydrogen-bond acceptors (Lipinski definition) is 3. The van der Waals surface area contributed by atoms with Gasteiger partial charge in [-0.05, 0) is 19.9 Å². The molecular weight excluding hydrogens is 270 g/mol. The number of anilines is 1. The van der Waals surface area contributed by atoms with Gasteiger partial charge in [-0.25, -0.2) is 0 Å². The molecule has 0 aliphatic heterocycles. The number of carbonyl (C=O) groups is 2. The predicted molar refractivity (Wildman–Crippen MR) is 69.3 cm³/mol. The molecule has 0 bridgehead atoms. The van der Waals surface area contributed by atoms with Gasteiger partial charge in [0.05, 0.1) is 0 Å². The lowest BCUT2D eigenvalue weighted by Gasteiger charge is -2.24. The van der Waals surface area contributed by atoms with Crippen LogP contribution in [0.2, 0.25) is 0 Å². The van der Waals surface area contributed by atoms with E-state index in [1.807, 2.05) is 5.32 Å². The summed E-state index contributed by atoms with van der Waals surface area (Å²) in [6, 6.07) is 5.01. The highest BCUT2D eigenvalue weighted by molar-refractivity contribution is 5.85. The monoisotopic (exact) mass is 286 g/mol. The number of carbonyl (C=O) groups excluding carboxylic acids is 2. The standard InChI is InChI=1S/C13H16F2N2O3/c1-8(2)17-12(20)13(14,15)11(19)9-5-3-4-6-10(9)16-7-18/h3-8,11,19H,1-2H3,(H,16,18)(H,17,20). The highest BCUT2D eigenvalue weighted by atomic mass is 19.3. The molecule has 0 saturated heterocycles. The van der Waals surface area contributed by atoms with Gasteiger partial charge in [0.2, 0.25) is 6.41 Å². The van der Waals surface area contributed by atoms with Crippen LogP contribution < -0.4 is 10.6 Å². The maximum Gasteiger partial charge on any atom is 0.353 e. The highest BCUT2D eigenvalue weighted by Crippen LogP contribution is 2.35. The maximum absolute atomic E-state index is 13.9. The molecule has 20 heavy (non-hydrogen) atoms. The van der Waals surface area contributed by atoms with Crippen molar-refractivity contribution in [1.82, 2.24) is 5.32 Å². The first-order chi connectivity index (χ1) is 9.30. The fourth-order valence-electron chi connectivity index (χ4n) is 1.61. The van der Waals surface area contributed by atoms with Crippen LogP contribution in [-0.2, 0) is 9.59 Å². The van der Waals surface area contributed by atoms with Crippen LogP contribution in [0.25, 0.3) is 0 Å². The van der Waals surface area contributed by atoms with Crippen LogP contribution in [0.3, 0.4) is 0 Å². The largest absolute Gasteiger partial charge is 0.381 e. The average molecular weight is 286 g/mol.